The normalized spacial score (nSPS) is 11.0. The smallest absolute Gasteiger partial charge is 0.263 e. The van der Waals surface area contributed by atoms with Crippen LogP contribution < -0.4 is 14.8 Å². The molecule has 0 aromatic heterocycles. The minimum atomic E-state index is -4.08. The molecule has 0 aliphatic rings. The number of carbonyl (C=O) groups excluding carboxylic acids is 1. The van der Waals surface area contributed by atoms with Gasteiger partial charge in [-0.1, -0.05) is 53.5 Å². The number of halogens is 2. The van der Waals surface area contributed by atoms with Crippen molar-refractivity contribution in [3.8, 4) is 5.75 Å². The second-order valence-electron chi connectivity index (χ2n) is 5.86. The van der Waals surface area contributed by atoms with Crippen LogP contribution >= 0.6 is 23.2 Å². The SMILES string of the molecule is COc1ccccc1NC(=O)c1ccccc1NS(=O)(=O)c1cccc(Cl)c1Cl. The van der Waals surface area contributed by atoms with Crippen molar-refractivity contribution in [2.45, 2.75) is 4.90 Å². The maximum absolute atomic E-state index is 12.8. The fourth-order valence-corrected chi connectivity index (χ4v) is 4.44. The Labute approximate surface area is 178 Å². The van der Waals surface area contributed by atoms with Gasteiger partial charge in [0.2, 0.25) is 0 Å². The van der Waals surface area contributed by atoms with Gasteiger partial charge in [0.25, 0.3) is 15.9 Å². The predicted molar refractivity (Wildman–Crippen MR) is 115 cm³/mol. The van der Waals surface area contributed by atoms with Crippen LogP contribution in [0.3, 0.4) is 0 Å². The predicted octanol–water partition coefficient (Wildman–Crippen LogP) is 5.06. The third-order valence-electron chi connectivity index (χ3n) is 3.98. The summed E-state index contributed by atoms with van der Waals surface area (Å²) in [5.41, 5.74) is 0.673. The Kier molecular flexibility index (Phi) is 6.32. The molecule has 0 saturated heterocycles. The van der Waals surface area contributed by atoms with Gasteiger partial charge >= 0.3 is 0 Å². The summed E-state index contributed by atoms with van der Waals surface area (Å²) in [4.78, 5) is 12.6. The van der Waals surface area contributed by atoms with Crippen LogP contribution in [-0.4, -0.2) is 21.4 Å². The van der Waals surface area contributed by atoms with E-state index >= 15 is 0 Å². The first-order chi connectivity index (χ1) is 13.8. The van der Waals surface area contributed by atoms with Gasteiger partial charge in [-0.15, -0.1) is 0 Å². The first kappa shape index (κ1) is 21.0. The number of nitrogens with one attached hydrogen (secondary N) is 2. The number of benzene rings is 3. The molecule has 0 bridgehead atoms. The quantitative estimate of drug-likeness (QED) is 0.549. The standard InChI is InChI=1S/C20H16Cl2N2O4S/c1-28-17-11-5-4-10-16(17)23-20(25)13-7-2-3-9-15(13)24-29(26,27)18-12-6-8-14(21)19(18)22/h2-12,24H,1H3,(H,23,25). The van der Waals surface area contributed by atoms with Crippen LogP contribution in [0.2, 0.25) is 10.0 Å². The fraction of sp³-hybridized carbons (Fsp3) is 0.0500. The summed E-state index contributed by atoms with van der Waals surface area (Å²) < 4.78 is 33.2. The van der Waals surface area contributed by atoms with Crippen molar-refractivity contribution >= 4 is 50.5 Å². The van der Waals surface area contributed by atoms with E-state index < -0.39 is 15.9 Å². The molecular formula is C20H16Cl2N2O4S. The molecule has 1 amide bonds. The summed E-state index contributed by atoms with van der Waals surface area (Å²) in [5, 5.41) is 2.73. The van der Waals surface area contributed by atoms with E-state index in [9.17, 15) is 13.2 Å². The largest absolute Gasteiger partial charge is 0.495 e. The minimum Gasteiger partial charge on any atom is -0.495 e. The Hall–Kier alpha value is -2.74. The van der Waals surface area contributed by atoms with Crippen molar-refractivity contribution in [2.75, 3.05) is 17.1 Å². The number of ether oxygens (including phenoxy) is 1. The van der Waals surface area contributed by atoms with Crippen LogP contribution in [0.25, 0.3) is 0 Å². The lowest BCUT2D eigenvalue weighted by Gasteiger charge is -2.14. The average Bonchev–Trinajstić information content (AvgIpc) is 2.70. The van der Waals surface area contributed by atoms with Crippen LogP contribution in [0.15, 0.2) is 71.6 Å². The summed E-state index contributed by atoms with van der Waals surface area (Å²) in [6.45, 7) is 0. The van der Waals surface area contributed by atoms with Crippen LogP contribution in [0, 0.1) is 0 Å². The fourth-order valence-electron chi connectivity index (χ4n) is 2.60. The Balaban J connectivity index is 1.93. The molecule has 0 radical (unpaired) electrons. The number of para-hydroxylation sites is 3. The summed E-state index contributed by atoms with van der Waals surface area (Å²) in [5.74, 6) is -0.0328. The highest BCUT2D eigenvalue weighted by atomic mass is 35.5. The number of methoxy groups -OCH3 is 1. The van der Waals surface area contributed by atoms with E-state index in [4.69, 9.17) is 27.9 Å². The Morgan fingerprint density at radius 2 is 1.55 bits per heavy atom. The molecule has 0 saturated carbocycles. The highest BCUT2D eigenvalue weighted by Crippen LogP contribution is 2.31. The molecular weight excluding hydrogens is 435 g/mol. The summed E-state index contributed by atoms with van der Waals surface area (Å²) in [7, 11) is -2.59. The van der Waals surface area contributed by atoms with Crippen LogP contribution in [0.4, 0.5) is 11.4 Å². The monoisotopic (exact) mass is 450 g/mol. The van der Waals surface area contributed by atoms with E-state index in [1.165, 1.54) is 37.4 Å². The highest BCUT2D eigenvalue weighted by Gasteiger charge is 2.22. The van der Waals surface area contributed by atoms with E-state index in [0.717, 1.165) is 0 Å². The second-order valence-corrected chi connectivity index (χ2v) is 8.29. The molecule has 0 spiro atoms. The van der Waals surface area contributed by atoms with Crippen molar-refractivity contribution < 1.29 is 17.9 Å². The number of anilines is 2. The summed E-state index contributed by atoms with van der Waals surface area (Å²) in [6.07, 6.45) is 0. The van der Waals surface area contributed by atoms with Gasteiger partial charge in [0, 0.05) is 0 Å². The van der Waals surface area contributed by atoms with Gasteiger partial charge in [0.05, 0.1) is 34.1 Å². The number of rotatable bonds is 6. The Bertz CT molecular complexity index is 1170. The third-order valence-corrected chi connectivity index (χ3v) is 6.32. The van der Waals surface area contributed by atoms with E-state index in [-0.39, 0.29) is 26.2 Å². The van der Waals surface area contributed by atoms with Gasteiger partial charge in [-0.25, -0.2) is 8.42 Å². The molecule has 0 unspecified atom stereocenters. The zero-order valence-electron chi connectivity index (χ0n) is 15.1. The molecule has 9 heteroatoms. The first-order valence-corrected chi connectivity index (χ1v) is 10.6. The van der Waals surface area contributed by atoms with Crippen molar-refractivity contribution in [3.05, 3.63) is 82.3 Å². The zero-order valence-corrected chi connectivity index (χ0v) is 17.5. The van der Waals surface area contributed by atoms with Gasteiger partial charge in [-0.3, -0.25) is 9.52 Å². The van der Waals surface area contributed by atoms with Crippen molar-refractivity contribution in [1.29, 1.82) is 0 Å². The van der Waals surface area contributed by atoms with E-state index in [1.54, 1.807) is 36.4 Å². The molecule has 6 nitrogen and oxygen atoms in total. The molecule has 0 aliphatic heterocycles. The van der Waals surface area contributed by atoms with Gasteiger partial charge in [-0.05, 0) is 36.4 Å². The maximum atomic E-state index is 12.8. The van der Waals surface area contributed by atoms with Crippen molar-refractivity contribution in [1.82, 2.24) is 0 Å². The van der Waals surface area contributed by atoms with Gasteiger partial charge in [0.15, 0.2) is 0 Å². The van der Waals surface area contributed by atoms with Crippen LogP contribution in [0.1, 0.15) is 10.4 Å². The number of sulfonamides is 1. The molecule has 0 fully saturated rings. The van der Waals surface area contributed by atoms with E-state index in [0.29, 0.717) is 11.4 Å². The molecule has 150 valence electrons. The molecule has 3 rings (SSSR count). The lowest BCUT2D eigenvalue weighted by molar-refractivity contribution is 0.102. The Morgan fingerprint density at radius 3 is 2.28 bits per heavy atom. The molecule has 0 atom stereocenters. The number of hydrogen-bond donors (Lipinski definition) is 2. The van der Waals surface area contributed by atoms with Crippen molar-refractivity contribution in [3.63, 3.8) is 0 Å². The molecule has 3 aromatic carbocycles. The second kappa shape index (κ2) is 8.73. The van der Waals surface area contributed by atoms with Crippen LogP contribution in [0.5, 0.6) is 5.75 Å². The van der Waals surface area contributed by atoms with Gasteiger partial charge in [0.1, 0.15) is 10.6 Å². The lowest BCUT2D eigenvalue weighted by Crippen LogP contribution is -2.19. The van der Waals surface area contributed by atoms with E-state index in [2.05, 4.69) is 10.0 Å². The first-order valence-electron chi connectivity index (χ1n) is 8.33. The topological polar surface area (TPSA) is 84.5 Å². The maximum Gasteiger partial charge on any atom is 0.263 e. The third kappa shape index (κ3) is 4.64. The zero-order chi connectivity index (χ0) is 21.0. The van der Waals surface area contributed by atoms with E-state index in [1.807, 2.05) is 0 Å². The summed E-state index contributed by atoms with van der Waals surface area (Å²) >= 11 is 12.0. The molecule has 0 heterocycles. The molecule has 2 N–H and O–H groups in total. The average molecular weight is 451 g/mol. The molecule has 29 heavy (non-hydrogen) atoms. The molecule has 0 aliphatic carbocycles. The van der Waals surface area contributed by atoms with Gasteiger partial charge in [-0.2, -0.15) is 0 Å². The highest BCUT2D eigenvalue weighted by molar-refractivity contribution is 7.92. The van der Waals surface area contributed by atoms with Gasteiger partial charge < -0.3 is 10.1 Å². The number of amides is 1. The Morgan fingerprint density at radius 1 is 0.897 bits per heavy atom. The minimum absolute atomic E-state index is 0.0935. The number of carbonyl (C=O) groups is 1. The van der Waals surface area contributed by atoms with Crippen LogP contribution in [-0.2, 0) is 10.0 Å². The number of hydrogen-bond acceptors (Lipinski definition) is 4. The van der Waals surface area contributed by atoms with Crippen molar-refractivity contribution in [2.24, 2.45) is 0 Å². The summed E-state index contributed by atoms with van der Waals surface area (Å²) in [6, 6.07) is 17.4. The lowest BCUT2D eigenvalue weighted by atomic mass is 10.1. The molecule has 3 aromatic rings.